The average molecular weight is 377 g/mol. The van der Waals surface area contributed by atoms with Gasteiger partial charge in [0.05, 0.1) is 5.02 Å². The van der Waals surface area contributed by atoms with Crippen LogP contribution in [0.4, 0.5) is 15.8 Å². The summed E-state index contributed by atoms with van der Waals surface area (Å²) < 4.78 is 13.3. The Morgan fingerprint density at radius 3 is 2.27 bits per heavy atom. The number of carbonyl (C=O) groups is 3. The third kappa shape index (κ3) is 5.13. The van der Waals surface area contributed by atoms with Gasteiger partial charge in [0.2, 0.25) is 11.8 Å². The van der Waals surface area contributed by atoms with Crippen LogP contribution in [0.25, 0.3) is 0 Å². The second kappa shape index (κ2) is 8.58. The van der Waals surface area contributed by atoms with E-state index in [2.05, 4.69) is 5.32 Å². The van der Waals surface area contributed by atoms with Crippen molar-refractivity contribution in [1.82, 2.24) is 0 Å². The van der Waals surface area contributed by atoms with E-state index in [0.29, 0.717) is 16.9 Å². The molecule has 0 bridgehead atoms. The third-order valence-electron chi connectivity index (χ3n) is 3.73. The Bertz CT molecular complexity index is 837. The summed E-state index contributed by atoms with van der Waals surface area (Å²) in [6, 6.07) is 10.5. The number of hydrogen-bond acceptors (Lipinski definition) is 3. The van der Waals surface area contributed by atoms with Gasteiger partial charge in [0, 0.05) is 36.8 Å². The predicted molar refractivity (Wildman–Crippen MR) is 99.1 cm³/mol. The largest absolute Gasteiger partial charge is 0.326 e. The minimum Gasteiger partial charge on any atom is -0.326 e. The summed E-state index contributed by atoms with van der Waals surface area (Å²) in [7, 11) is 0. The maximum absolute atomic E-state index is 13.3. The van der Waals surface area contributed by atoms with Gasteiger partial charge >= 0.3 is 0 Å². The van der Waals surface area contributed by atoms with Crippen LogP contribution in [0.2, 0.25) is 5.02 Å². The minimum absolute atomic E-state index is 0.0447. The van der Waals surface area contributed by atoms with Crippen molar-refractivity contribution in [3.8, 4) is 0 Å². The first-order valence-electron chi connectivity index (χ1n) is 7.92. The minimum atomic E-state index is -0.578. The fraction of sp³-hybridized carbons (Fsp3) is 0.211. The Labute approximate surface area is 155 Å². The van der Waals surface area contributed by atoms with Gasteiger partial charge < -0.3 is 10.2 Å². The standard InChI is InChI=1S/C19H18ClFN2O3/c1-12(24)14-3-5-15(6-4-14)22-19(26)9-10-23(13(2)25)16-7-8-18(21)17(20)11-16/h3-8,11H,9-10H2,1-2H3,(H,22,26). The van der Waals surface area contributed by atoms with Crippen LogP contribution in [0, 0.1) is 5.82 Å². The number of nitrogens with one attached hydrogen (secondary N) is 1. The molecule has 0 aromatic heterocycles. The molecule has 2 amide bonds. The van der Waals surface area contributed by atoms with E-state index in [9.17, 15) is 18.8 Å². The number of amides is 2. The van der Waals surface area contributed by atoms with Gasteiger partial charge in [0.15, 0.2) is 5.78 Å². The molecule has 0 heterocycles. The molecule has 0 aliphatic carbocycles. The molecule has 0 saturated heterocycles. The van der Waals surface area contributed by atoms with E-state index in [-0.39, 0.29) is 35.6 Å². The van der Waals surface area contributed by atoms with Crippen molar-refractivity contribution in [3.05, 3.63) is 58.9 Å². The van der Waals surface area contributed by atoms with Gasteiger partial charge in [-0.3, -0.25) is 14.4 Å². The number of ketones is 1. The zero-order valence-corrected chi connectivity index (χ0v) is 15.1. The Balaban J connectivity index is 1.99. The second-order valence-electron chi connectivity index (χ2n) is 5.70. The molecule has 2 aromatic rings. The van der Waals surface area contributed by atoms with Gasteiger partial charge in [-0.15, -0.1) is 0 Å². The highest BCUT2D eigenvalue weighted by atomic mass is 35.5. The van der Waals surface area contributed by atoms with Crippen LogP contribution in [-0.2, 0) is 9.59 Å². The van der Waals surface area contributed by atoms with Crippen LogP contribution >= 0.6 is 11.6 Å². The highest BCUT2D eigenvalue weighted by molar-refractivity contribution is 6.31. The molecule has 2 rings (SSSR count). The molecule has 0 aliphatic heterocycles. The summed E-state index contributed by atoms with van der Waals surface area (Å²) in [5.41, 5.74) is 1.53. The van der Waals surface area contributed by atoms with Crippen LogP contribution in [0.1, 0.15) is 30.6 Å². The van der Waals surface area contributed by atoms with E-state index in [1.807, 2.05) is 0 Å². The molecule has 26 heavy (non-hydrogen) atoms. The van der Waals surface area contributed by atoms with E-state index < -0.39 is 5.82 Å². The van der Waals surface area contributed by atoms with Crippen molar-refractivity contribution in [1.29, 1.82) is 0 Å². The summed E-state index contributed by atoms with van der Waals surface area (Å²) in [4.78, 5) is 36.5. The zero-order valence-electron chi connectivity index (χ0n) is 14.4. The molecular weight excluding hydrogens is 359 g/mol. The molecule has 5 nitrogen and oxygen atoms in total. The number of hydrogen-bond donors (Lipinski definition) is 1. The molecule has 2 aromatic carbocycles. The fourth-order valence-electron chi connectivity index (χ4n) is 2.35. The molecule has 0 aliphatic rings. The SMILES string of the molecule is CC(=O)c1ccc(NC(=O)CCN(C(C)=O)c2ccc(F)c(Cl)c2)cc1. The molecule has 0 unspecified atom stereocenters. The van der Waals surface area contributed by atoms with E-state index in [1.54, 1.807) is 24.3 Å². The summed E-state index contributed by atoms with van der Waals surface area (Å²) in [5.74, 6) is -1.21. The van der Waals surface area contributed by atoms with Crippen molar-refractivity contribution in [2.45, 2.75) is 20.3 Å². The normalized spacial score (nSPS) is 10.3. The number of halogens is 2. The number of Topliss-reactive ketones (excluding diaryl/α,β-unsaturated/α-hetero) is 1. The van der Waals surface area contributed by atoms with Gasteiger partial charge in [-0.25, -0.2) is 4.39 Å². The number of benzene rings is 2. The van der Waals surface area contributed by atoms with Crippen LogP contribution < -0.4 is 10.2 Å². The smallest absolute Gasteiger partial charge is 0.226 e. The van der Waals surface area contributed by atoms with Crippen LogP contribution in [0.5, 0.6) is 0 Å². The number of anilines is 2. The van der Waals surface area contributed by atoms with Gasteiger partial charge in [-0.05, 0) is 49.4 Å². The highest BCUT2D eigenvalue weighted by Gasteiger charge is 2.15. The summed E-state index contributed by atoms with van der Waals surface area (Å²) in [6.45, 7) is 2.94. The quantitative estimate of drug-likeness (QED) is 0.773. The molecule has 0 fully saturated rings. The Morgan fingerprint density at radius 1 is 1.08 bits per heavy atom. The third-order valence-corrected chi connectivity index (χ3v) is 4.02. The molecule has 136 valence electrons. The summed E-state index contributed by atoms with van der Waals surface area (Å²) >= 11 is 5.75. The molecule has 7 heteroatoms. The lowest BCUT2D eigenvalue weighted by Crippen LogP contribution is -2.32. The van der Waals surface area contributed by atoms with Crippen LogP contribution in [0.3, 0.4) is 0 Å². The molecule has 0 atom stereocenters. The zero-order chi connectivity index (χ0) is 19.3. The van der Waals surface area contributed by atoms with E-state index in [4.69, 9.17) is 11.6 Å². The lowest BCUT2D eigenvalue weighted by Gasteiger charge is -2.21. The topological polar surface area (TPSA) is 66.5 Å². The number of nitrogens with zero attached hydrogens (tertiary/aromatic N) is 1. The number of carbonyl (C=O) groups excluding carboxylic acids is 3. The maximum atomic E-state index is 13.3. The first kappa shape index (κ1) is 19.6. The van der Waals surface area contributed by atoms with Crippen molar-refractivity contribution in [3.63, 3.8) is 0 Å². The van der Waals surface area contributed by atoms with E-state index >= 15 is 0 Å². The first-order valence-corrected chi connectivity index (χ1v) is 8.29. The van der Waals surface area contributed by atoms with Gasteiger partial charge in [0.25, 0.3) is 0 Å². The summed E-state index contributed by atoms with van der Waals surface area (Å²) in [5, 5.41) is 2.61. The first-order chi connectivity index (χ1) is 12.3. The van der Waals surface area contributed by atoms with Crippen LogP contribution in [0.15, 0.2) is 42.5 Å². The highest BCUT2D eigenvalue weighted by Crippen LogP contribution is 2.23. The van der Waals surface area contributed by atoms with Gasteiger partial charge in [-0.1, -0.05) is 11.6 Å². The fourth-order valence-corrected chi connectivity index (χ4v) is 2.52. The Kier molecular flexibility index (Phi) is 6.46. The van der Waals surface area contributed by atoms with Crippen molar-refractivity contribution >= 4 is 40.6 Å². The molecule has 0 spiro atoms. The maximum Gasteiger partial charge on any atom is 0.226 e. The average Bonchev–Trinajstić information content (AvgIpc) is 2.58. The van der Waals surface area contributed by atoms with Gasteiger partial charge in [0.1, 0.15) is 5.82 Å². The van der Waals surface area contributed by atoms with Crippen molar-refractivity contribution in [2.75, 3.05) is 16.8 Å². The molecule has 0 saturated carbocycles. The lowest BCUT2D eigenvalue weighted by atomic mass is 10.1. The van der Waals surface area contributed by atoms with E-state index in [1.165, 1.54) is 36.9 Å². The molecular formula is C19H18ClFN2O3. The van der Waals surface area contributed by atoms with Crippen molar-refractivity contribution < 1.29 is 18.8 Å². The molecule has 0 radical (unpaired) electrons. The van der Waals surface area contributed by atoms with Gasteiger partial charge in [-0.2, -0.15) is 0 Å². The number of rotatable bonds is 6. The predicted octanol–water partition coefficient (Wildman–Crippen LogP) is 4.06. The molecule has 1 N–H and O–H groups in total. The summed E-state index contributed by atoms with van der Waals surface area (Å²) in [6.07, 6.45) is 0.0447. The van der Waals surface area contributed by atoms with Crippen LogP contribution in [-0.4, -0.2) is 24.1 Å². The lowest BCUT2D eigenvalue weighted by molar-refractivity contribution is -0.117. The van der Waals surface area contributed by atoms with Crippen molar-refractivity contribution in [2.24, 2.45) is 0 Å². The Hall–Kier alpha value is -2.73. The second-order valence-corrected chi connectivity index (χ2v) is 6.11. The Morgan fingerprint density at radius 2 is 1.73 bits per heavy atom. The monoisotopic (exact) mass is 376 g/mol. The van der Waals surface area contributed by atoms with E-state index in [0.717, 1.165) is 0 Å².